The van der Waals surface area contributed by atoms with E-state index in [0.717, 1.165) is 51.7 Å². The van der Waals surface area contributed by atoms with Crippen molar-refractivity contribution in [1.29, 1.82) is 0 Å². The standard InChI is InChI=1S/C27H23BrFN3O5S2/c28-14-4-9-18(37-13-19(33)31-10-2-1-3-11-31)17(12-14)20-21-23(38-24-22(20)39-27(36)30-24)26(35)32(25(21)34)16-7-5-15(29)6-8-16/h4-9,12,20-21,23H,1-3,10-11,13H2,(H,30,36)/t20-,21?,23?/m1/s1. The SMILES string of the molecule is O=C(COc1ccc(Br)cc1[C@H]1c2sc(=O)[nH]c2SC2C(=O)N(c3ccc(F)cc3)C(=O)C21)N1CCCCC1. The first-order valence-corrected chi connectivity index (χ1v) is 15.0. The second kappa shape index (κ2) is 10.5. The lowest BCUT2D eigenvalue weighted by molar-refractivity contribution is -0.134. The lowest BCUT2D eigenvalue weighted by atomic mass is 9.82. The number of nitrogens with zero attached hydrogens (tertiary/aromatic N) is 2. The van der Waals surface area contributed by atoms with E-state index in [9.17, 15) is 23.6 Å². The van der Waals surface area contributed by atoms with Gasteiger partial charge in [0.1, 0.15) is 16.8 Å². The van der Waals surface area contributed by atoms with Crippen molar-refractivity contribution in [2.45, 2.75) is 35.5 Å². The molecule has 3 aliphatic rings. The van der Waals surface area contributed by atoms with Crippen LogP contribution in [-0.4, -0.2) is 52.6 Å². The lowest BCUT2D eigenvalue weighted by Crippen LogP contribution is -2.38. The van der Waals surface area contributed by atoms with Crippen LogP contribution in [0.25, 0.3) is 0 Å². The molecule has 0 aliphatic carbocycles. The molecule has 6 rings (SSSR count). The number of anilines is 1. The van der Waals surface area contributed by atoms with Gasteiger partial charge in [-0.25, -0.2) is 9.29 Å². The maximum atomic E-state index is 13.9. The normalized spacial score (nSPS) is 22.6. The molecule has 1 N–H and O–H groups in total. The summed E-state index contributed by atoms with van der Waals surface area (Å²) in [5.41, 5.74) is 0.888. The van der Waals surface area contributed by atoms with Crippen LogP contribution in [0.15, 0.2) is 56.8 Å². The van der Waals surface area contributed by atoms with Crippen molar-refractivity contribution in [2.24, 2.45) is 5.92 Å². The van der Waals surface area contributed by atoms with Gasteiger partial charge in [0, 0.05) is 33.9 Å². The zero-order valence-electron chi connectivity index (χ0n) is 20.5. The van der Waals surface area contributed by atoms with Gasteiger partial charge in [-0.3, -0.25) is 19.2 Å². The van der Waals surface area contributed by atoms with Crippen LogP contribution in [0, 0.1) is 11.7 Å². The van der Waals surface area contributed by atoms with Crippen LogP contribution < -0.4 is 14.5 Å². The molecule has 2 fully saturated rings. The number of likely N-dealkylation sites (tertiary alicyclic amines) is 1. The van der Waals surface area contributed by atoms with E-state index in [2.05, 4.69) is 20.9 Å². The number of halogens is 2. The second-order valence-electron chi connectivity index (χ2n) is 9.65. The maximum Gasteiger partial charge on any atom is 0.305 e. The number of thiazole rings is 1. The smallest absolute Gasteiger partial charge is 0.305 e. The van der Waals surface area contributed by atoms with E-state index in [1.807, 2.05) is 6.07 Å². The molecule has 39 heavy (non-hydrogen) atoms. The Morgan fingerprint density at radius 2 is 1.79 bits per heavy atom. The third-order valence-corrected chi connectivity index (χ3v) is 10.2. The highest BCUT2D eigenvalue weighted by Crippen LogP contribution is 2.54. The van der Waals surface area contributed by atoms with Crippen molar-refractivity contribution in [3.8, 4) is 5.75 Å². The molecule has 0 bridgehead atoms. The average Bonchev–Trinajstić information content (AvgIpc) is 3.43. The van der Waals surface area contributed by atoms with Crippen LogP contribution >= 0.6 is 39.0 Å². The highest BCUT2D eigenvalue weighted by atomic mass is 79.9. The number of carbonyl (C=O) groups excluding carboxylic acids is 3. The number of piperidine rings is 1. The van der Waals surface area contributed by atoms with Gasteiger partial charge in [-0.15, -0.1) is 0 Å². The number of nitrogens with one attached hydrogen (secondary N) is 1. The lowest BCUT2D eigenvalue weighted by Gasteiger charge is -2.31. The molecule has 1 aromatic heterocycles. The van der Waals surface area contributed by atoms with Gasteiger partial charge < -0.3 is 14.6 Å². The van der Waals surface area contributed by atoms with Crippen LogP contribution in [0.2, 0.25) is 0 Å². The first-order chi connectivity index (χ1) is 18.8. The van der Waals surface area contributed by atoms with Crippen molar-refractivity contribution in [3.63, 3.8) is 0 Å². The predicted octanol–water partition coefficient (Wildman–Crippen LogP) is 4.53. The van der Waals surface area contributed by atoms with E-state index in [0.29, 0.717) is 34.3 Å². The summed E-state index contributed by atoms with van der Waals surface area (Å²) >= 11 is 5.66. The third kappa shape index (κ3) is 4.82. The summed E-state index contributed by atoms with van der Waals surface area (Å²) in [7, 11) is 0. The Labute approximate surface area is 239 Å². The van der Waals surface area contributed by atoms with Crippen molar-refractivity contribution >= 4 is 62.4 Å². The summed E-state index contributed by atoms with van der Waals surface area (Å²) in [4.78, 5) is 58.8. The molecule has 4 heterocycles. The van der Waals surface area contributed by atoms with Crippen LogP contribution in [0.3, 0.4) is 0 Å². The molecule has 8 nitrogen and oxygen atoms in total. The minimum Gasteiger partial charge on any atom is -0.483 e. The topological polar surface area (TPSA) is 99.8 Å². The number of hydrogen-bond donors (Lipinski definition) is 1. The van der Waals surface area contributed by atoms with Gasteiger partial charge in [0.05, 0.1) is 16.6 Å². The Bertz CT molecular complexity index is 1520. The number of amides is 3. The van der Waals surface area contributed by atoms with Crippen LogP contribution in [0.5, 0.6) is 5.75 Å². The van der Waals surface area contributed by atoms with E-state index in [4.69, 9.17) is 4.74 Å². The Morgan fingerprint density at radius 3 is 2.54 bits per heavy atom. The largest absolute Gasteiger partial charge is 0.483 e. The number of imide groups is 1. The van der Waals surface area contributed by atoms with Crippen molar-refractivity contribution < 1.29 is 23.5 Å². The molecule has 2 unspecified atom stereocenters. The maximum absolute atomic E-state index is 13.9. The summed E-state index contributed by atoms with van der Waals surface area (Å²) in [6, 6.07) is 10.5. The fraction of sp³-hybridized carbons (Fsp3) is 0.333. The van der Waals surface area contributed by atoms with Gasteiger partial charge in [0.25, 0.3) is 5.91 Å². The predicted molar refractivity (Wildman–Crippen MR) is 149 cm³/mol. The molecule has 202 valence electrons. The van der Waals surface area contributed by atoms with E-state index in [-0.39, 0.29) is 23.1 Å². The first-order valence-electron chi connectivity index (χ1n) is 12.5. The molecule has 3 aromatic rings. The number of fused-ring (bicyclic) bond motifs is 2. The van der Waals surface area contributed by atoms with E-state index >= 15 is 0 Å². The minimum absolute atomic E-state index is 0.109. The van der Waals surface area contributed by atoms with Gasteiger partial charge >= 0.3 is 4.87 Å². The van der Waals surface area contributed by atoms with Gasteiger partial charge in [-0.2, -0.15) is 0 Å². The second-order valence-corrected chi connectivity index (χ2v) is 12.7. The van der Waals surface area contributed by atoms with Crippen LogP contribution in [-0.2, 0) is 14.4 Å². The molecule has 2 aromatic carbocycles. The molecule has 3 aliphatic heterocycles. The number of rotatable bonds is 5. The molecule has 0 saturated carbocycles. The first kappa shape index (κ1) is 26.3. The summed E-state index contributed by atoms with van der Waals surface area (Å²) in [6.45, 7) is 1.25. The third-order valence-electron chi connectivity index (χ3n) is 7.28. The quantitative estimate of drug-likeness (QED) is 0.416. The zero-order chi connectivity index (χ0) is 27.3. The number of aromatic nitrogens is 1. The summed E-state index contributed by atoms with van der Waals surface area (Å²) < 4.78 is 20.4. The number of ether oxygens (including phenoxy) is 1. The molecule has 3 atom stereocenters. The molecule has 3 amide bonds. The molecule has 0 spiro atoms. The average molecular weight is 633 g/mol. The van der Waals surface area contributed by atoms with E-state index in [1.54, 1.807) is 17.0 Å². The number of benzene rings is 2. The van der Waals surface area contributed by atoms with Gasteiger partial charge in [0.2, 0.25) is 11.8 Å². The highest BCUT2D eigenvalue weighted by Gasteiger charge is 2.56. The monoisotopic (exact) mass is 631 g/mol. The van der Waals surface area contributed by atoms with Crippen molar-refractivity contribution in [2.75, 3.05) is 24.6 Å². The molecule has 0 radical (unpaired) electrons. The molecule has 12 heteroatoms. The Morgan fingerprint density at radius 1 is 1.05 bits per heavy atom. The highest BCUT2D eigenvalue weighted by molar-refractivity contribution is 9.10. The molecular weight excluding hydrogens is 609 g/mol. The fourth-order valence-corrected chi connectivity index (χ4v) is 8.35. The number of H-pyrrole nitrogens is 1. The molecule has 2 saturated heterocycles. The summed E-state index contributed by atoms with van der Waals surface area (Å²) in [5.74, 6) is -2.54. The van der Waals surface area contributed by atoms with Crippen LogP contribution in [0.4, 0.5) is 10.1 Å². The van der Waals surface area contributed by atoms with Crippen LogP contribution in [0.1, 0.15) is 35.6 Å². The zero-order valence-corrected chi connectivity index (χ0v) is 23.7. The van der Waals surface area contributed by atoms with Crippen molar-refractivity contribution in [3.05, 3.63) is 72.9 Å². The Kier molecular flexibility index (Phi) is 7.11. The number of thioether (sulfide) groups is 1. The Hall–Kier alpha value is -2.96. The Balaban J connectivity index is 1.39. The summed E-state index contributed by atoms with van der Waals surface area (Å²) in [6.07, 6.45) is 3.04. The summed E-state index contributed by atoms with van der Waals surface area (Å²) in [5, 5.41) is -0.263. The number of aromatic amines is 1. The van der Waals surface area contributed by atoms with Gasteiger partial charge in [-0.1, -0.05) is 39.0 Å². The minimum atomic E-state index is -0.832. The van der Waals surface area contributed by atoms with Gasteiger partial charge in [-0.05, 0) is 61.7 Å². The van der Waals surface area contributed by atoms with Crippen molar-refractivity contribution in [1.82, 2.24) is 9.88 Å². The number of hydrogen-bond acceptors (Lipinski definition) is 7. The molecular formula is C27H23BrFN3O5S2. The van der Waals surface area contributed by atoms with E-state index < -0.39 is 34.7 Å². The fourth-order valence-electron chi connectivity index (χ4n) is 5.46. The van der Waals surface area contributed by atoms with Gasteiger partial charge in [0.15, 0.2) is 6.61 Å². The number of carbonyl (C=O) groups is 3. The van der Waals surface area contributed by atoms with E-state index in [1.165, 1.54) is 24.3 Å².